The number of carbonyl (C=O) groups excluding carboxylic acids is 1. The number of rotatable bonds is 7. The van der Waals surface area contributed by atoms with Crippen molar-refractivity contribution in [2.75, 3.05) is 38.8 Å². The van der Waals surface area contributed by atoms with Crippen molar-refractivity contribution in [1.29, 1.82) is 0 Å². The minimum absolute atomic E-state index is 0.128. The van der Waals surface area contributed by atoms with Crippen LogP contribution in [0.15, 0.2) is 24.3 Å². The van der Waals surface area contributed by atoms with Gasteiger partial charge in [-0.15, -0.1) is 0 Å². The van der Waals surface area contributed by atoms with E-state index in [9.17, 15) is 9.18 Å². The van der Waals surface area contributed by atoms with Crippen LogP contribution in [0.3, 0.4) is 0 Å². The van der Waals surface area contributed by atoms with E-state index in [0.717, 1.165) is 6.42 Å². The Morgan fingerprint density at radius 1 is 1.44 bits per heavy atom. The maximum absolute atomic E-state index is 13.5. The molecular weight excluding hydrogens is 235 g/mol. The van der Waals surface area contributed by atoms with Gasteiger partial charge in [-0.2, -0.15) is 0 Å². The Morgan fingerprint density at radius 3 is 2.83 bits per heavy atom. The second-order valence-electron chi connectivity index (χ2n) is 4.00. The lowest BCUT2D eigenvalue weighted by atomic mass is 10.3. The van der Waals surface area contributed by atoms with Crippen LogP contribution in [-0.4, -0.2) is 39.8 Å². The van der Waals surface area contributed by atoms with Gasteiger partial charge in [0, 0.05) is 27.3 Å². The summed E-state index contributed by atoms with van der Waals surface area (Å²) in [6, 6.07) is 6.39. The second-order valence-corrected chi connectivity index (χ2v) is 4.00. The van der Waals surface area contributed by atoms with Crippen LogP contribution < -0.4 is 10.2 Å². The molecule has 0 bridgehead atoms. The topological polar surface area (TPSA) is 41.6 Å². The number of likely N-dealkylation sites (N-methyl/N-ethyl adjacent to an activating group) is 1. The van der Waals surface area contributed by atoms with Crippen molar-refractivity contribution in [3.8, 4) is 0 Å². The van der Waals surface area contributed by atoms with Crippen molar-refractivity contribution in [2.45, 2.75) is 6.42 Å². The summed E-state index contributed by atoms with van der Waals surface area (Å²) in [5.74, 6) is -0.455. The van der Waals surface area contributed by atoms with Gasteiger partial charge in [-0.1, -0.05) is 12.1 Å². The first kappa shape index (κ1) is 14.4. The van der Waals surface area contributed by atoms with Crippen molar-refractivity contribution < 1.29 is 13.9 Å². The molecule has 0 aromatic heterocycles. The van der Waals surface area contributed by atoms with E-state index in [-0.39, 0.29) is 18.3 Å². The average molecular weight is 254 g/mol. The van der Waals surface area contributed by atoms with Gasteiger partial charge in [0.05, 0.1) is 12.2 Å². The van der Waals surface area contributed by atoms with E-state index in [2.05, 4.69) is 5.32 Å². The van der Waals surface area contributed by atoms with Gasteiger partial charge in [-0.05, 0) is 18.6 Å². The van der Waals surface area contributed by atoms with Gasteiger partial charge in [0.1, 0.15) is 5.82 Å². The highest BCUT2D eigenvalue weighted by molar-refractivity contribution is 5.81. The van der Waals surface area contributed by atoms with Gasteiger partial charge in [0.2, 0.25) is 5.91 Å². The third-order valence-electron chi connectivity index (χ3n) is 2.49. The number of nitrogens with zero attached hydrogens (tertiary/aromatic N) is 1. The third-order valence-corrected chi connectivity index (χ3v) is 2.49. The van der Waals surface area contributed by atoms with Gasteiger partial charge >= 0.3 is 0 Å². The quantitative estimate of drug-likeness (QED) is 0.748. The van der Waals surface area contributed by atoms with E-state index in [4.69, 9.17) is 4.74 Å². The van der Waals surface area contributed by atoms with Gasteiger partial charge in [0.25, 0.3) is 0 Å². The number of para-hydroxylation sites is 1. The van der Waals surface area contributed by atoms with Crippen molar-refractivity contribution in [1.82, 2.24) is 5.32 Å². The number of hydrogen-bond acceptors (Lipinski definition) is 3. The molecule has 0 fully saturated rings. The van der Waals surface area contributed by atoms with Crippen molar-refractivity contribution in [2.24, 2.45) is 0 Å². The molecule has 0 unspecified atom stereocenters. The summed E-state index contributed by atoms with van der Waals surface area (Å²) in [6.45, 7) is 1.31. The number of methoxy groups -OCH3 is 1. The van der Waals surface area contributed by atoms with E-state index in [1.54, 1.807) is 37.3 Å². The fourth-order valence-electron chi connectivity index (χ4n) is 1.56. The Balaban J connectivity index is 2.38. The molecule has 0 aliphatic heterocycles. The molecule has 1 amide bonds. The molecule has 1 rings (SSSR count). The lowest BCUT2D eigenvalue weighted by Crippen LogP contribution is -2.36. The zero-order chi connectivity index (χ0) is 13.4. The third kappa shape index (κ3) is 4.71. The molecule has 0 radical (unpaired) electrons. The minimum Gasteiger partial charge on any atom is -0.385 e. The molecule has 0 atom stereocenters. The number of anilines is 1. The molecule has 1 aromatic carbocycles. The molecule has 0 saturated heterocycles. The summed E-state index contributed by atoms with van der Waals surface area (Å²) in [4.78, 5) is 13.2. The Morgan fingerprint density at radius 2 is 2.17 bits per heavy atom. The number of amides is 1. The molecule has 1 aromatic rings. The standard InChI is InChI=1S/C13H19FN2O2/c1-16(12-7-4-3-6-11(12)14)10-13(17)15-8-5-9-18-2/h3-4,6-7H,5,8-10H2,1-2H3,(H,15,17). The molecule has 4 nitrogen and oxygen atoms in total. The van der Waals surface area contributed by atoms with Crippen molar-refractivity contribution >= 4 is 11.6 Å². The Labute approximate surface area is 107 Å². The normalized spacial score (nSPS) is 10.2. The SMILES string of the molecule is COCCCNC(=O)CN(C)c1ccccc1F. The van der Waals surface area contributed by atoms with E-state index >= 15 is 0 Å². The molecule has 0 aliphatic rings. The fraction of sp³-hybridized carbons (Fsp3) is 0.462. The van der Waals surface area contributed by atoms with E-state index < -0.39 is 0 Å². The molecule has 5 heteroatoms. The largest absolute Gasteiger partial charge is 0.385 e. The monoisotopic (exact) mass is 254 g/mol. The molecule has 18 heavy (non-hydrogen) atoms. The molecule has 1 N–H and O–H groups in total. The summed E-state index contributed by atoms with van der Waals surface area (Å²) in [6.07, 6.45) is 0.769. The van der Waals surface area contributed by atoms with Crippen LogP contribution in [0.2, 0.25) is 0 Å². The van der Waals surface area contributed by atoms with Gasteiger partial charge in [-0.25, -0.2) is 4.39 Å². The fourth-order valence-corrected chi connectivity index (χ4v) is 1.56. The van der Waals surface area contributed by atoms with E-state index in [0.29, 0.717) is 18.8 Å². The van der Waals surface area contributed by atoms with Crippen molar-refractivity contribution in [3.05, 3.63) is 30.1 Å². The lowest BCUT2D eigenvalue weighted by Gasteiger charge is -2.19. The lowest BCUT2D eigenvalue weighted by molar-refractivity contribution is -0.119. The summed E-state index contributed by atoms with van der Waals surface area (Å²) in [5.41, 5.74) is 0.421. The maximum Gasteiger partial charge on any atom is 0.239 e. The minimum atomic E-state index is -0.327. The number of nitrogens with one attached hydrogen (secondary N) is 1. The van der Waals surface area contributed by atoms with Crippen LogP contribution in [0.5, 0.6) is 0 Å². The first-order valence-corrected chi connectivity index (χ1v) is 5.86. The van der Waals surface area contributed by atoms with Crippen molar-refractivity contribution in [3.63, 3.8) is 0 Å². The van der Waals surface area contributed by atoms with E-state index in [1.807, 2.05) is 0 Å². The molecule has 0 heterocycles. The zero-order valence-corrected chi connectivity index (χ0v) is 10.8. The second kappa shape index (κ2) is 7.66. The first-order valence-electron chi connectivity index (χ1n) is 5.86. The molecule has 0 aliphatic carbocycles. The zero-order valence-electron chi connectivity index (χ0n) is 10.8. The average Bonchev–Trinajstić information content (AvgIpc) is 2.35. The van der Waals surface area contributed by atoms with E-state index in [1.165, 1.54) is 6.07 Å². The Hall–Kier alpha value is -1.62. The predicted molar refractivity (Wildman–Crippen MR) is 69.2 cm³/mol. The number of hydrogen-bond donors (Lipinski definition) is 1. The number of halogens is 1. The molecule has 0 saturated carbocycles. The summed E-state index contributed by atoms with van der Waals surface area (Å²) < 4.78 is 18.3. The van der Waals surface area contributed by atoms with Crippen LogP contribution in [0.4, 0.5) is 10.1 Å². The van der Waals surface area contributed by atoms with Gasteiger partial charge in [-0.3, -0.25) is 4.79 Å². The summed E-state index contributed by atoms with van der Waals surface area (Å²) in [7, 11) is 3.31. The van der Waals surface area contributed by atoms with Gasteiger partial charge < -0.3 is 15.0 Å². The summed E-state index contributed by atoms with van der Waals surface area (Å²) >= 11 is 0. The Kier molecular flexibility index (Phi) is 6.14. The highest BCUT2D eigenvalue weighted by Gasteiger charge is 2.10. The van der Waals surface area contributed by atoms with Gasteiger partial charge in [0.15, 0.2) is 0 Å². The first-order chi connectivity index (χ1) is 8.65. The molecular formula is C13H19FN2O2. The highest BCUT2D eigenvalue weighted by atomic mass is 19.1. The smallest absolute Gasteiger partial charge is 0.239 e. The number of carbonyl (C=O) groups is 1. The number of ether oxygens (including phenoxy) is 1. The molecule has 0 spiro atoms. The Bertz CT molecular complexity index is 385. The van der Waals surface area contributed by atoms with Crippen LogP contribution in [0.25, 0.3) is 0 Å². The number of benzene rings is 1. The summed E-state index contributed by atoms with van der Waals surface area (Å²) in [5, 5.41) is 2.75. The molecule has 100 valence electrons. The maximum atomic E-state index is 13.5. The van der Waals surface area contributed by atoms with Crippen LogP contribution in [0.1, 0.15) is 6.42 Å². The van der Waals surface area contributed by atoms with Crippen LogP contribution >= 0.6 is 0 Å². The van der Waals surface area contributed by atoms with Crippen LogP contribution in [0, 0.1) is 5.82 Å². The van der Waals surface area contributed by atoms with Crippen LogP contribution in [-0.2, 0) is 9.53 Å². The predicted octanol–water partition coefficient (Wildman–Crippen LogP) is 1.41. The highest BCUT2D eigenvalue weighted by Crippen LogP contribution is 2.16.